The SMILES string of the molecule is Cc1ccc(CN2CC[C@H](CO)[C@H](N(C)C)C2)cc1. The van der Waals surface area contributed by atoms with E-state index in [1.165, 1.54) is 11.1 Å². The van der Waals surface area contributed by atoms with E-state index in [1.54, 1.807) is 0 Å². The molecule has 1 N–H and O–H groups in total. The molecule has 2 rings (SSSR count). The molecule has 1 heterocycles. The van der Waals surface area contributed by atoms with Crippen molar-refractivity contribution in [2.75, 3.05) is 33.8 Å². The first-order valence-electron chi connectivity index (χ1n) is 7.15. The van der Waals surface area contributed by atoms with Crippen LogP contribution < -0.4 is 0 Å². The van der Waals surface area contributed by atoms with Crippen molar-refractivity contribution < 1.29 is 5.11 Å². The highest BCUT2D eigenvalue weighted by Gasteiger charge is 2.29. The predicted octanol–water partition coefficient (Wildman–Crippen LogP) is 1.74. The summed E-state index contributed by atoms with van der Waals surface area (Å²) in [4.78, 5) is 4.75. The number of likely N-dealkylation sites (N-methyl/N-ethyl adjacent to an activating group) is 1. The van der Waals surface area contributed by atoms with E-state index in [-0.39, 0.29) is 0 Å². The standard InChI is InChI=1S/C16H26N2O/c1-13-4-6-14(7-5-13)10-18-9-8-15(12-19)16(11-18)17(2)3/h4-7,15-16,19H,8-12H2,1-3H3/t15-,16-/m1/s1. The lowest BCUT2D eigenvalue weighted by Gasteiger charge is -2.41. The molecule has 0 unspecified atom stereocenters. The first kappa shape index (κ1) is 14.5. The number of rotatable bonds is 4. The Morgan fingerprint density at radius 1 is 1.26 bits per heavy atom. The molecule has 1 fully saturated rings. The van der Waals surface area contributed by atoms with Gasteiger partial charge in [0.1, 0.15) is 0 Å². The zero-order valence-corrected chi connectivity index (χ0v) is 12.3. The first-order valence-corrected chi connectivity index (χ1v) is 7.15. The zero-order chi connectivity index (χ0) is 13.8. The summed E-state index contributed by atoms with van der Waals surface area (Å²) in [5.74, 6) is 0.421. The molecule has 0 aliphatic carbocycles. The van der Waals surface area contributed by atoms with Gasteiger partial charge in [-0.05, 0) is 45.5 Å². The summed E-state index contributed by atoms with van der Waals surface area (Å²) in [6, 6.07) is 9.26. The number of piperidine rings is 1. The maximum atomic E-state index is 9.47. The van der Waals surface area contributed by atoms with E-state index < -0.39 is 0 Å². The highest BCUT2D eigenvalue weighted by atomic mass is 16.3. The van der Waals surface area contributed by atoms with Gasteiger partial charge in [-0.3, -0.25) is 4.90 Å². The van der Waals surface area contributed by atoms with Gasteiger partial charge in [-0.1, -0.05) is 29.8 Å². The number of aryl methyl sites for hydroxylation is 1. The average molecular weight is 262 g/mol. The van der Waals surface area contributed by atoms with E-state index in [0.717, 1.165) is 26.1 Å². The Hall–Kier alpha value is -0.900. The third kappa shape index (κ3) is 3.78. The molecule has 0 amide bonds. The van der Waals surface area contributed by atoms with Crippen molar-refractivity contribution in [2.24, 2.45) is 5.92 Å². The molecule has 1 aromatic carbocycles. The highest BCUT2D eigenvalue weighted by Crippen LogP contribution is 2.22. The molecule has 3 nitrogen and oxygen atoms in total. The second kappa shape index (κ2) is 6.51. The van der Waals surface area contributed by atoms with Crippen LogP contribution >= 0.6 is 0 Å². The minimum absolute atomic E-state index is 0.307. The summed E-state index contributed by atoms with van der Waals surface area (Å²) in [6.07, 6.45) is 1.09. The number of hydrogen-bond donors (Lipinski definition) is 1. The largest absolute Gasteiger partial charge is 0.396 e. The van der Waals surface area contributed by atoms with Gasteiger partial charge in [0.25, 0.3) is 0 Å². The topological polar surface area (TPSA) is 26.7 Å². The summed E-state index contributed by atoms with van der Waals surface area (Å²) in [5, 5.41) is 9.47. The smallest absolute Gasteiger partial charge is 0.0475 e. The second-order valence-corrected chi connectivity index (χ2v) is 5.98. The van der Waals surface area contributed by atoms with Crippen molar-refractivity contribution in [1.29, 1.82) is 0 Å². The first-order chi connectivity index (χ1) is 9.10. The molecule has 0 bridgehead atoms. The van der Waals surface area contributed by atoms with Crippen molar-refractivity contribution in [3.8, 4) is 0 Å². The van der Waals surface area contributed by atoms with Crippen LogP contribution in [0.2, 0.25) is 0 Å². The van der Waals surface area contributed by atoms with Gasteiger partial charge in [-0.2, -0.15) is 0 Å². The van der Waals surface area contributed by atoms with E-state index in [4.69, 9.17) is 0 Å². The monoisotopic (exact) mass is 262 g/mol. The average Bonchev–Trinajstić information content (AvgIpc) is 2.41. The maximum absolute atomic E-state index is 9.47. The van der Waals surface area contributed by atoms with Gasteiger partial charge in [-0.15, -0.1) is 0 Å². The number of hydrogen-bond acceptors (Lipinski definition) is 3. The molecular formula is C16H26N2O. The Morgan fingerprint density at radius 3 is 2.53 bits per heavy atom. The number of aliphatic hydroxyl groups excluding tert-OH is 1. The Bertz CT molecular complexity index is 388. The fourth-order valence-corrected chi connectivity index (χ4v) is 2.94. The van der Waals surface area contributed by atoms with E-state index in [1.807, 2.05) is 0 Å². The van der Waals surface area contributed by atoms with Gasteiger partial charge in [-0.25, -0.2) is 0 Å². The molecule has 1 aliphatic heterocycles. The maximum Gasteiger partial charge on any atom is 0.0475 e. The molecule has 3 heteroatoms. The molecule has 1 aromatic rings. The highest BCUT2D eigenvalue weighted by molar-refractivity contribution is 5.21. The molecule has 1 aliphatic rings. The van der Waals surface area contributed by atoms with Gasteiger partial charge >= 0.3 is 0 Å². The Labute approximate surface area is 116 Å². The quantitative estimate of drug-likeness (QED) is 0.895. The van der Waals surface area contributed by atoms with Gasteiger partial charge in [0.05, 0.1) is 0 Å². The Balaban J connectivity index is 1.97. The van der Waals surface area contributed by atoms with E-state index in [0.29, 0.717) is 18.6 Å². The number of aliphatic hydroxyl groups is 1. The summed E-state index contributed by atoms with van der Waals surface area (Å²) >= 11 is 0. The number of likely N-dealkylation sites (tertiary alicyclic amines) is 1. The van der Waals surface area contributed by atoms with Gasteiger partial charge < -0.3 is 10.0 Å². The van der Waals surface area contributed by atoms with Gasteiger partial charge in [0, 0.05) is 25.7 Å². The van der Waals surface area contributed by atoms with Gasteiger partial charge in [0.15, 0.2) is 0 Å². The normalized spacial score (nSPS) is 24.9. The lowest BCUT2D eigenvalue weighted by Crippen LogP contribution is -2.51. The van der Waals surface area contributed by atoms with Crippen LogP contribution in [0.25, 0.3) is 0 Å². The van der Waals surface area contributed by atoms with Crippen LogP contribution in [0, 0.1) is 12.8 Å². The van der Waals surface area contributed by atoms with Crippen LogP contribution in [-0.2, 0) is 6.54 Å². The molecule has 2 atom stereocenters. The summed E-state index contributed by atoms with van der Waals surface area (Å²) in [7, 11) is 4.23. The van der Waals surface area contributed by atoms with Gasteiger partial charge in [0.2, 0.25) is 0 Å². The summed E-state index contributed by atoms with van der Waals surface area (Å²) in [6.45, 7) is 5.58. The Morgan fingerprint density at radius 2 is 1.95 bits per heavy atom. The van der Waals surface area contributed by atoms with Crippen molar-refractivity contribution in [3.63, 3.8) is 0 Å². The van der Waals surface area contributed by atoms with Crippen LogP contribution in [0.4, 0.5) is 0 Å². The van der Waals surface area contributed by atoms with Crippen molar-refractivity contribution in [2.45, 2.75) is 25.9 Å². The molecule has 0 saturated carbocycles. The minimum Gasteiger partial charge on any atom is -0.396 e. The summed E-state index contributed by atoms with van der Waals surface area (Å²) < 4.78 is 0. The van der Waals surface area contributed by atoms with E-state index in [2.05, 4.69) is 55.1 Å². The fourth-order valence-electron chi connectivity index (χ4n) is 2.94. The fraction of sp³-hybridized carbons (Fsp3) is 0.625. The molecular weight excluding hydrogens is 236 g/mol. The molecule has 0 spiro atoms. The van der Waals surface area contributed by atoms with Crippen LogP contribution in [0.5, 0.6) is 0 Å². The van der Waals surface area contributed by atoms with E-state index >= 15 is 0 Å². The summed E-state index contributed by atoms with van der Waals surface area (Å²) in [5.41, 5.74) is 2.69. The van der Waals surface area contributed by atoms with E-state index in [9.17, 15) is 5.11 Å². The third-order valence-electron chi connectivity index (χ3n) is 4.23. The Kier molecular flexibility index (Phi) is 4.97. The van der Waals surface area contributed by atoms with Crippen LogP contribution in [0.1, 0.15) is 17.5 Å². The van der Waals surface area contributed by atoms with Crippen molar-refractivity contribution in [3.05, 3.63) is 35.4 Å². The van der Waals surface area contributed by atoms with Crippen LogP contribution in [-0.4, -0.2) is 54.7 Å². The molecule has 106 valence electrons. The molecule has 1 saturated heterocycles. The third-order valence-corrected chi connectivity index (χ3v) is 4.23. The molecule has 19 heavy (non-hydrogen) atoms. The minimum atomic E-state index is 0.307. The lowest BCUT2D eigenvalue weighted by molar-refractivity contribution is 0.0461. The second-order valence-electron chi connectivity index (χ2n) is 5.98. The van der Waals surface area contributed by atoms with Crippen LogP contribution in [0.3, 0.4) is 0 Å². The number of benzene rings is 1. The molecule has 0 radical (unpaired) electrons. The number of nitrogens with zero attached hydrogens (tertiary/aromatic N) is 2. The van der Waals surface area contributed by atoms with Crippen molar-refractivity contribution >= 4 is 0 Å². The lowest BCUT2D eigenvalue weighted by atomic mass is 9.91. The predicted molar refractivity (Wildman–Crippen MR) is 79.1 cm³/mol. The molecule has 0 aromatic heterocycles. The van der Waals surface area contributed by atoms with Crippen molar-refractivity contribution in [1.82, 2.24) is 9.80 Å². The zero-order valence-electron chi connectivity index (χ0n) is 12.3. The van der Waals surface area contributed by atoms with Crippen LogP contribution in [0.15, 0.2) is 24.3 Å².